The van der Waals surface area contributed by atoms with E-state index in [9.17, 15) is 9.90 Å². The minimum absolute atomic E-state index is 0.0339. The predicted molar refractivity (Wildman–Crippen MR) is 147 cm³/mol. The molecule has 12 nitrogen and oxygen atoms in total. The highest BCUT2D eigenvalue weighted by atomic mass is 32.2. The Kier molecular flexibility index (Phi) is 6.52. The predicted octanol–water partition coefficient (Wildman–Crippen LogP) is 1.71. The number of hydrogen-bond acceptors (Lipinski definition) is 11. The van der Waals surface area contributed by atoms with Crippen LogP contribution in [0.25, 0.3) is 0 Å². The number of hydrogen-bond donors (Lipinski definition) is 3. The van der Waals surface area contributed by atoms with Gasteiger partial charge in [-0.15, -0.1) is 0 Å². The molecule has 0 radical (unpaired) electrons. The number of anilines is 3. The van der Waals surface area contributed by atoms with Crippen molar-refractivity contribution in [2.24, 2.45) is 11.1 Å². The fourth-order valence-electron chi connectivity index (χ4n) is 6.07. The van der Waals surface area contributed by atoms with Gasteiger partial charge in [0.2, 0.25) is 0 Å². The first-order chi connectivity index (χ1) is 18.5. The summed E-state index contributed by atoms with van der Waals surface area (Å²) in [6, 6.07) is 1.53. The van der Waals surface area contributed by atoms with Crippen LogP contribution in [0.15, 0.2) is 28.4 Å². The van der Waals surface area contributed by atoms with Crippen molar-refractivity contribution < 1.29 is 19.4 Å². The summed E-state index contributed by atoms with van der Waals surface area (Å²) in [4.78, 5) is 33.2. The molecule has 2 amide bonds. The minimum Gasteiger partial charge on any atom is -0.486 e. The fourth-order valence-corrected chi connectivity index (χ4v) is 6.91. The number of piperidine rings is 1. The second kappa shape index (κ2) is 9.65. The number of amides is 2. The monoisotopic (exact) mass is 556 g/mol. The number of urea groups is 1. The van der Waals surface area contributed by atoms with Crippen molar-refractivity contribution in [3.63, 3.8) is 0 Å². The van der Waals surface area contributed by atoms with Crippen LogP contribution in [0.2, 0.25) is 0 Å². The molecule has 2 aromatic rings. The summed E-state index contributed by atoms with van der Waals surface area (Å²) in [6.45, 7) is 8.83. The molecule has 6 rings (SSSR count). The molecule has 0 aromatic carbocycles. The van der Waals surface area contributed by atoms with Crippen LogP contribution in [0.3, 0.4) is 0 Å². The van der Waals surface area contributed by atoms with Crippen molar-refractivity contribution in [2.75, 3.05) is 54.9 Å². The van der Waals surface area contributed by atoms with Gasteiger partial charge in [0.1, 0.15) is 17.5 Å². The molecule has 4 aliphatic heterocycles. The van der Waals surface area contributed by atoms with Gasteiger partial charge in [-0.25, -0.2) is 19.7 Å². The zero-order valence-electron chi connectivity index (χ0n) is 22.5. The van der Waals surface area contributed by atoms with E-state index in [1.165, 1.54) is 11.8 Å². The fraction of sp³-hybridized carbons (Fsp3) is 0.615. The number of aliphatic hydroxyl groups is 1. The Bertz CT molecular complexity index is 1270. The Morgan fingerprint density at radius 1 is 1.28 bits per heavy atom. The standard InChI is InChI=1S/C26H36N8O4S/c1-15-20(27)26(14-38-15)5-8-32(9-6-26)18-10-30-23(21(28)31-18)39-17-4-7-29-22-19(17)37-12-16-11-33(13-25(2,3)36)24(35)34(16)22/h4,7,10,15-16,20,36H,5-6,8-9,11-14,27H2,1-3H3,(H2,28,31)/t15-,16?,20+/m0/s1. The maximum atomic E-state index is 13.2. The molecular formula is C26H36N8O4S. The normalized spacial score (nSPS) is 26.1. The van der Waals surface area contributed by atoms with E-state index < -0.39 is 5.60 Å². The summed E-state index contributed by atoms with van der Waals surface area (Å²) in [6.07, 6.45) is 5.39. The maximum Gasteiger partial charge on any atom is 0.326 e. The zero-order valence-corrected chi connectivity index (χ0v) is 23.4. The topological polar surface area (TPSA) is 156 Å². The zero-order chi connectivity index (χ0) is 27.5. The van der Waals surface area contributed by atoms with Crippen LogP contribution in [0.5, 0.6) is 5.75 Å². The highest BCUT2D eigenvalue weighted by molar-refractivity contribution is 7.99. The molecule has 0 saturated carbocycles. The van der Waals surface area contributed by atoms with Gasteiger partial charge in [-0.2, -0.15) is 0 Å². The van der Waals surface area contributed by atoms with Gasteiger partial charge in [0.15, 0.2) is 17.4 Å². The lowest BCUT2D eigenvalue weighted by Gasteiger charge is -2.41. The summed E-state index contributed by atoms with van der Waals surface area (Å²) >= 11 is 1.34. The molecule has 4 aliphatic rings. The van der Waals surface area contributed by atoms with Gasteiger partial charge in [0, 0.05) is 37.3 Å². The van der Waals surface area contributed by atoms with Crippen LogP contribution in [0, 0.1) is 5.41 Å². The Morgan fingerprint density at radius 2 is 2.05 bits per heavy atom. The van der Waals surface area contributed by atoms with E-state index in [1.807, 2.05) is 13.0 Å². The first kappa shape index (κ1) is 26.4. The molecule has 5 N–H and O–H groups in total. The lowest BCUT2D eigenvalue weighted by molar-refractivity contribution is 0.0513. The molecule has 39 heavy (non-hydrogen) atoms. The van der Waals surface area contributed by atoms with Gasteiger partial charge >= 0.3 is 6.03 Å². The highest BCUT2D eigenvalue weighted by Crippen LogP contribution is 2.45. The van der Waals surface area contributed by atoms with Crippen molar-refractivity contribution in [3.05, 3.63) is 18.5 Å². The van der Waals surface area contributed by atoms with E-state index in [-0.39, 0.29) is 36.2 Å². The summed E-state index contributed by atoms with van der Waals surface area (Å²) in [5, 5.41) is 10.8. The molecule has 3 atom stereocenters. The number of carbonyl (C=O) groups is 1. The van der Waals surface area contributed by atoms with Crippen LogP contribution in [0.4, 0.5) is 22.2 Å². The van der Waals surface area contributed by atoms with Crippen molar-refractivity contribution in [3.8, 4) is 5.75 Å². The third-order valence-electron chi connectivity index (χ3n) is 8.24. The molecule has 1 unspecified atom stereocenters. The average molecular weight is 557 g/mol. The number of fused-ring (bicyclic) bond motifs is 3. The number of aromatic nitrogens is 3. The number of rotatable bonds is 5. The third kappa shape index (κ3) is 4.75. The molecule has 6 heterocycles. The minimum atomic E-state index is -0.993. The number of β-amino-alcohol motifs (C(OH)–C–C–N with tert-alkyl or cyclic N) is 1. The van der Waals surface area contributed by atoms with Crippen LogP contribution in [-0.2, 0) is 4.74 Å². The van der Waals surface area contributed by atoms with Crippen molar-refractivity contribution in [1.82, 2.24) is 19.9 Å². The van der Waals surface area contributed by atoms with Crippen LogP contribution < -0.4 is 26.0 Å². The largest absolute Gasteiger partial charge is 0.486 e. The Labute approximate surface area is 232 Å². The second-order valence-corrected chi connectivity index (χ2v) is 12.7. The molecule has 13 heteroatoms. The Balaban J connectivity index is 1.17. The van der Waals surface area contributed by atoms with Crippen molar-refractivity contribution in [2.45, 2.75) is 67.3 Å². The van der Waals surface area contributed by atoms with Crippen molar-refractivity contribution in [1.29, 1.82) is 0 Å². The lowest BCUT2D eigenvalue weighted by Crippen LogP contribution is -2.50. The van der Waals surface area contributed by atoms with E-state index >= 15 is 0 Å². The number of ether oxygens (including phenoxy) is 2. The third-order valence-corrected chi connectivity index (χ3v) is 9.29. The maximum absolute atomic E-state index is 13.2. The van der Waals surface area contributed by atoms with E-state index in [0.29, 0.717) is 42.2 Å². The smallest absolute Gasteiger partial charge is 0.326 e. The summed E-state index contributed by atoms with van der Waals surface area (Å²) in [5.74, 6) is 2.07. The summed E-state index contributed by atoms with van der Waals surface area (Å²) in [5.41, 5.74) is 11.9. The number of pyridine rings is 1. The van der Waals surface area contributed by atoms with Gasteiger partial charge in [-0.05, 0) is 39.7 Å². The van der Waals surface area contributed by atoms with Gasteiger partial charge in [0.05, 0.1) is 42.0 Å². The number of nitrogen functional groups attached to an aromatic ring is 1. The summed E-state index contributed by atoms with van der Waals surface area (Å²) in [7, 11) is 0. The molecule has 210 valence electrons. The quantitative estimate of drug-likeness (QED) is 0.493. The van der Waals surface area contributed by atoms with Gasteiger partial charge in [0.25, 0.3) is 0 Å². The second-order valence-electron chi connectivity index (χ2n) is 11.7. The van der Waals surface area contributed by atoms with Crippen molar-refractivity contribution >= 4 is 35.2 Å². The highest BCUT2D eigenvalue weighted by Gasteiger charge is 2.48. The number of carbonyl (C=O) groups excluding carboxylic acids is 1. The van der Waals surface area contributed by atoms with Crippen LogP contribution in [-0.4, -0.2) is 94.2 Å². The first-order valence-electron chi connectivity index (χ1n) is 13.4. The molecule has 0 bridgehead atoms. The number of nitrogens with zero attached hydrogens (tertiary/aromatic N) is 6. The van der Waals surface area contributed by atoms with Crippen LogP contribution in [0.1, 0.15) is 33.6 Å². The Morgan fingerprint density at radius 3 is 2.72 bits per heavy atom. The summed E-state index contributed by atoms with van der Waals surface area (Å²) < 4.78 is 11.9. The molecule has 2 aromatic heterocycles. The van der Waals surface area contributed by atoms with E-state index in [1.54, 1.807) is 36.0 Å². The Hall–Kier alpha value is -2.87. The SMILES string of the molecule is C[C@@H]1OCC2(CCN(c3cnc(Sc4ccnc5c4OCC4CN(CC(C)(C)O)C(=O)N54)c(N)n3)CC2)[C@@H]1N. The average Bonchev–Trinajstić information content (AvgIpc) is 3.36. The molecule has 3 fully saturated rings. The molecular weight excluding hydrogens is 520 g/mol. The van der Waals surface area contributed by atoms with Gasteiger partial charge < -0.3 is 35.8 Å². The van der Waals surface area contributed by atoms with Crippen LogP contribution >= 0.6 is 11.8 Å². The molecule has 3 saturated heterocycles. The van der Waals surface area contributed by atoms with E-state index in [2.05, 4.69) is 19.9 Å². The van der Waals surface area contributed by atoms with E-state index in [4.69, 9.17) is 20.9 Å². The number of nitrogens with two attached hydrogens (primary N) is 2. The van der Waals surface area contributed by atoms with Gasteiger partial charge in [-0.1, -0.05) is 11.8 Å². The van der Waals surface area contributed by atoms with E-state index in [0.717, 1.165) is 36.6 Å². The lowest BCUT2D eigenvalue weighted by atomic mass is 9.73. The molecule has 0 aliphatic carbocycles. The molecule has 1 spiro atoms. The van der Waals surface area contributed by atoms with Gasteiger partial charge in [-0.3, -0.25) is 4.90 Å². The first-order valence-corrected chi connectivity index (χ1v) is 14.2.